The normalized spacial score (nSPS) is 22.8. The van der Waals surface area contributed by atoms with Crippen LogP contribution in [-0.2, 0) is 20.8 Å². The van der Waals surface area contributed by atoms with E-state index in [-0.39, 0.29) is 42.5 Å². The number of hydrogen-bond donors (Lipinski definition) is 0. The van der Waals surface area contributed by atoms with Crippen molar-refractivity contribution in [1.82, 2.24) is 0 Å². The van der Waals surface area contributed by atoms with Crippen LogP contribution in [0, 0.1) is 5.41 Å². The first-order valence-electron chi connectivity index (χ1n) is 8.22. The number of methoxy groups -OCH3 is 1. The fraction of sp³-hybridized carbons (Fsp3) is 0.526. The molecule has 1 atom stereocenters. The average Bonchev–Trinajstić information content (AvgIpc) is 2.81. The molecule has 4 nitrogen and oxygen atoms in total. The molecule has 0 N–H and O–H groups in total. The second kappa shape index (κ2) is 5.91. The van der Waals surface area contributed by atoms with Crippen molar-refractivity contribution < 1.29 is 19.1 Å². The summed E-state index contributed by atoms with van der Waals surface area (Å²) in [5.74, 6) is 0.443. The van der Waals surface area contributed by atoms with Crippen LogP contribution in [0.2, 0.25) is 0 Å². The predicted molar refractivity (Wildman–Crippen MR) is 85.7 cm³/mol. The molecule has 2 aliphatic carbocycles. The summed E-state index contributed by atoms with van der Waals surface area (Å²) in [6.07, 6.45) is 3.26. The van der Waals surface area contributed by atoms with E-state index in [1.54, 1.807) is 14.0 Å². The number of ether oxygens (including phenoxy) is 1. The number of benzene rings is 1. The molecule has 4 heteroatoms. The number of fused-ring (bicyclic) bond motifs is 1. The molecule has 0 aromatic heterocycles. The quantitative estimate of drug-likeness (QED) is 0.802. The highest BCUT2D eigenvalue weighted by Gasteiger charge is 2.47. The Bertz CT molecular complexity index is 658. The highest BCUT2D eigenvalue weighted by Crippen LogP contribution is 2.40. The van der Waals surface area contributed by atoms with Crippen LogP contribution in [0.4, 0.5) is 0 Å². The molecule has 1 aromatic rings. The van der Waals surface area contributed by atoms with Crippen molar-refractivity contribution in [2.24, 2.45) is 5.41 Å². The minimum Gasteiger partial charge on any atom is -0.497 e. The van der Waals surface area contributed by atoms with Crippen LogP contribution in [0.3, 0.4) is 0 Å². The third-order valence-corrected chi connectivity index (χ3v) is 5.39. The molecule has 23 heavy (non-hydrogen) atoms. The molecule has 1 fully saturated rings. The Morgan fingerprint density at radius 1 is 1.22 bits per heavy atom. The summed E-state index contributed by atoms with van der Waals surface area (Å²) in [7, 11) is 1.63. The van der Waals surface area contributed by atoms with E-state index in [4.69, 9.17) is 4.74 Å². The molecule has 1 unspecified atom stereocenters. The summed E-state index contributed by atoms with van der Waals surface area (Å²) >= 11 is 0. The van der Waals surface area contributed by atoms with Gasteiger partial charge < -0.3 is 4.74 Å². The first-order valence-corrected chi connectivity index (χ1v) is 8.22. The van der Waals surface area contributed by atoms with Crippen LogP contribution < -0.4 is 4.74 Å². The van der Waals surface area contributed by atoms with Crippen molar-refractivity contribution in [3.8, 4) is 5.75 Å². The van der Waals surface area contributed by atoms with E-state index < -0.39 is 5.41 Å². The highest BCUT2D eigenvalue weighted by molar-refractivity contribution is 6.15. The first-order chi connectivity index (χ1) is 11.0. The molecule has 0 heterocycles. The van der Waals surface area contributed by atoms with Gasteiger partial charge in [0, 0.05) is 25.2 Å². The van der Waals surface area contributed by atoms with Crippen LogP contribution >= 0.6 is 0 Å². The zero-order valence-corrected chi connectivity index (χ0v) is 13.7. The smallest absolute Gasteiger partial charge is 0.147 e. The third-order valence-electron chi connectivity index (χ3n) is 5.39. The molecular formula is C19H22O4. The number of hydrogen-bond acceptors (Lipinski definition) is 4. The van der Waals surface area contributed by atoms with Crippen molar-refractivity contribution in [2.75, 3.05) is 7.11 Å². The van der Waals surface area contributed by atoms with Gasteiger partial charge in [-0.3, -0.25) is 14.4 Å². The van der Waals surface area contributed by atoms with Crippen molar-refractivity contribution in [3.05, 3.63) is 29.3 Å². The zero-order valence-electron chi connectivity index (χ0n) is 13.7. The summed E-state index contributed by atoms with van der Waals surface area (Å²) in [5, 5.41) is 0. The van der Waals surface area contributed by atoms with E-state index in [0.29, 0.717) is 0 Å². The summed E-state index contributed by atoms with van der Waals surface area (Å²) in [4.78, 5) is 37.0. The molecule has 0 saturated heterocycles. The number of ketones is 3. The summed E-state index contributed by atoms with van der Waals surface area (Å²) in [6.45, 7) is 1.64. The second-order valence-electron chi connectivity index (χ2n) is 6.83. The molecule has 1 aromatic carbocycles. The molecule has 0 amide bonds. The molecular weight excluding hydrogens is 292 g/mol. The standard InChI is InChI=1S/C19H22O4/c1-19(17(21)8-9-18(19)22)11-16(20)15-5-3-4-12-10-13(23-2)6-7-14(12)15/h6-7,10,15H,3-5,8-9,11H2,1-2H3. The van der Waals surface area contributed by atoms with E-state index in [1.807, 2.05) is 18.2 Å². The SMILES string of the molecule is COc1ccc2c(c1)CCCC2C(=O)CC1(C)C(=O)CCC1=O. The molecule has 0 bridgehead atoms. The number of Topliss-reactive ketones (excluding diaryl/α,β-unsaturated/α-hetero) is 3. The van der Waals surface area contributed by atoms with Gasteiger partial charge >= 0.3 is 0 Å². The maximum Gasteiger partial charge on any atom is 0.147 e. The molecule has 122 valence electrons. The van der Waals surface area contributed by atoms with E-state index in [9.17, 15) is 14.4 Å². The molecule has 0 spiro atoms. The minimum atomic E-state index is -1.10. The number of carbonyl (C=O) groups excluding carboxylic acids is 3. The Morgan fingerprint density at radius 2 is 1.91 bits per heavy atom. The Kier molecular flexibility index (Phi) is 4.09. The molecule has 2 aliphatic rings. The van der Waals surface area contributed by atoms with Gasteiger partial charge in [-0.05, 0) is 49.4 Å². The fourth-order valence-electron chi connectivity index (χ4n) is 3.86. The maximum absolute atomic E-state index is 12.8. The van der Waals surface area contributed by atoms with Crippen molar-refractivity contribution in [1.29, 1.82) is 0 Å². The summed E-state index contributed by atoms with van der Waals surface area (Å²) in [6, 6.07) is 5.82. The Morgan fingerprint density at radius 3 is 2.57 bits per heavy atom. The van der Waals surface area contributed by atoms with Crippen molar-refractivity contribution in [3.63, 3.8) is 0 Å². The minimum absolute atomic E-state index is 0.0159. The summed E-state index contributed by atoms with van der Waals surface area (Å²) < 4.78 is 5.25. The lowest BCUT2D eigenvalue weighted by Crippen LogP contribution is -2.34. The lowest BCUT2D eigenvalue weighted by atomic mass is 9.74. The lowest BCUT2D eigenvalue weighted by Gasteiger charge is -2.28. The fourth-order valence-corrected chi connectivity index (χ4v) is 3.86. The van der Waals surface area contributed by atoms with Gasteiger partial charge in [0.25, 0.3) is 0 Å². The van der Waals surface area contributed by atoms with Crippen LogP contribution in [0.15, 0.2) is 18.2 Å². The van der Waals surface area contributed by atoms with Gasteiger partial charge in [-0.1, -0.05) is 6.07 Å². The van der Waals surface area contributed by atoms with Gasteiger partial charge in [-0.15, -0.1) is 0 Å². The third kappa shape index (κ3) is 2.71. The van der Waals surface area contributed by atoms with Gasteiger partial charge in [-0.2, -0.15) is 0 Å². The van der Waals surface area contributed by atoms with Gasteiger partial charge in [0.2, 0.25) is 0 Å². The predicted octanol–water partition coefficient (Wildman–Crippen LogP) is 3.01. The Balaban J connectivity index is 1.85. The molecule has 0 radical (unpaired) electrons. The Labute approximate surface area is 136 Å². The largest absolute Gasteiger partial charge is 0.497 e. The van der Waals surface area contributed by atoms with Crippen molar-refractivity contribution in [2.45, 2.75) is 51.4 Å². The summed E-state index contributed by atoms with van der Waals surface area (Å²) in [5.41, 5.74) is 1.08. The van der Waals surface area contributed by atoms with Crippen LogP contribution in [0.1, 0.15) is 56.1 Å². The maximum atomic E-state index is 12.8. The molecule has 3 rings (SSSR count). The van der Waals surface area contributed by atoms with E-state index in [1.165, 1.54) is 0 Å². The highest BCUT2D eigenvalue weighted by atomic mass is 16.5. The van der Waals surface area contributed by atoms with E-state index in [0.717, 1.165) is 36.1 Å². The van der Waals surface area contributed by atoms with E-state index in [2.05, 4.69) is 0 Å². The first kappa shape index (κ1) is 15.9. The number of carbonyl (C=O) groups is 3. The lowest BCUT2D eigenvalue weighted by molar-refractivity contribution is -0.138. The number of aryl methyl sites for hydroxylation is 1. The van der Waals surface area contributed by atoms with Gasteiger partial charge in [0.1, 0.15) is 23.1 Å². The van der Waals surface area contributed by atoms with Crippen LogP contribution in [0.5, 0.6) is 5.75 Å². The average molecular weight is 314 g/mol. The van der Waals surface area contributed by atoms with Gasteiger partial charge in [-0.25, -0.2) is 0 Å². The van der Waals surface area contributed by atoms with Crippen LogP contribution in [0.25, 0.3) is 0 Å². The monoisotopic (exact) mass is 314 g/mol. The van der Waals surface area contributed by atoms with Gasteiger partial charge in [0.05, 0.1) is 12.5 Å². The van der Waals surface area contributed by atoms with Gasteiger partial charge in [0.15, 0.2) is 0 Å². The van der Waals surface area contributed by atoms with E-state index >= 15 is 0 Å². The topological polar surface area (TPSA) is 60.4 Å². The molecule has 1 saturated carbocycles. The zero-order chi connectivity index (χ0) is 16.6. The van der Waals surface area contributed by atoms with Crippen molar-refractivity contribution >= 4 is 17.3 Å². The Hall–Kier alpha value is -1.97. The second-order valence-corrected chi connectivity index (χ2v) is 6.83. The molecule has 0 aliphatic heterocycles. The number of rotatable bonds is 4. The van der Waals surface area contributed by atoms with Crippen LogP contribution in [-0.4, -0.2) is 24.5 Å².